The maximum atomic E-state index is 12.5. The summed E-state index contributed by atoms with van der Waals surface area (Å²) in [5.74, 6) is 0.201. The highest BCUT2D eigenvalue weighted by Gasteiger charge is 2.19. The molecule has 0 atom stereocenters. The number of hydrogen-bond donors (Lipinski definition) is 1. The van der Waals surface area contributed by atoms with E-state index in [1.54, 1.807) is 30.3 Å². The zero-order chi connectivity index (χ0) is 17.8. The van der Waals surface area contributed by atoms with E-state index in [0.717, 1.165) is 6.42 Å². The molecule has 3 aromatic rings. The summed E-state index contributed by atoms with van der Waals surface area (Å²) in [6.45, 7) is 2.47. The Morgan fingerprint density at radius 1 is 1.32 bits per heavy atom. The van der Waals surface area contributed by atoms with Gasteiger partial charge in [-0.25, -0.2) is 4.68 Å². The van der Waals surface area contributed by atoms with E-state index in [9.17, 15) is 14.9 Å². The van der Waals surface area contributed by atoms with Gasteiger partial charge in [0, 0.05) is 24.7 Å². The second kappa shape index (κ2) is 7.00. The maximum absolute atomic E-state index is 12.5. The number of furan rings is 1. The lowest BCUT2D eigenvalue weighted by atomic mass is 10.2. The van der Waals surface area contributed by atoms with Crippen LogP contribution in [0.4, 0.5) is 5.69 Å². The molecule has 25 heavy (non-hydrogen) atoms. The molecule has 0 aliphatic rings. The third-order valence-corrected chi connectivity index (χ3v) is 3.54. The number of nitrogens with zero attached hydrogens (tertiary/aromatic N) is 3. The normalized spacial score (nSPS) is 10.6. The van der Waals surface area contributed by atoms with Crippen LogP contribution in [0.1, 0.15) is 23.8 Å². The minimum Gasteiger partial charge on any atom is -0.463 e. The standard InChI is InChI=1S/C17H16N4O4/c1-2-8-18-17(22)15-11-14(16-7-4-9-25-16)19-20(15)12-5-3-6-13(10-12)21(23)24/h3-7,9-11H,2,8H2,1H3,(H,18,22). The van der Waals surface area contributed by atoms with E-state index in [0.29, 0.717) is 23.7 Å². The van der Waals surface area contributed by atoms with Gasteiger partial charge in [0.05, 0.1) is 16.9 Å². The van der Waals surface area contributed by atoms with Crippen LogP contribution in [0.2, 0.25) is 0 Å². The van der Waals surface area contributed by atoms with Crippen LogP contribution in [0, 0.1) is 10.1 Å². The molecule has 0 fully saturated rings. The van der Waals surface area contributed by atoms with E-state index in [1.807, 2.05) is 6.92 Å². The van der Waals surface area contributed by atoms with Gasteiger partial charge in [0.15, 0.2) is 5.76 Å². The summed E-state index contributed by atoms with van der Waals surface area (Å²) >= 11 is 0. The first-order valence-corrected chi connectivity index (χ1v) is 7.77. The van der Waals surface area contributed by atoms with Gasteiger partial charge in [-0.15, -0.1) is 0 Å². The highest BCUT2D eigenvalue weighted by Crippen LogP contribution is 2.24. The zero-order valence-corrected chi connectivity index (χ0v) is 13.5. The van der Waals surface area contributed by atoms with Crippen LogP contribution >= 0.6 is 0 Å². The molecule has 2 heterocycles. The van der Waals surface area contributed by atoms with E-state index >= 15 is 0 Å². The number of carbonyl (C=O) groups is 1. The Kier molecular flexibility index (Phi) is 4.60. The summed E-state index contributed by atoms with van der Waals surface area (Å²) in [7, 11) is 0. The van der Waals surface area contributed by atoms with Crippen molar-refractivity contribution in [1.82, 2.24) is 15.1 Å². The van der Waals surface area contributed by atoms with Gasteiger partial charge in [-0.3, -0.25) is 14.9 Å². The Morgan fingerprint density at radius 2 is 2.16 bits per heavy atom. The summed E-state index contributed by atoms with van der Waals surface area (Å²) in [6, 6.07) is 11.0. The van der Waals surface area contributed by atoms with Crippen molar-refractivity contribution in [3.8, 4) is 17.1 Å². The SMILES string of the molecule is CCCNC(=O)c1cc(-c2ccco2)nn1-c1cccc([N+](=O)[O-])c1. The lowest BCUT2D eigenvalue weighted by molar-refractivity contribution is -0.384. The van der Waals surface area contributed by atoms with E-state index in [2.05, 4.69) is 10.4 Å². The fourth-order valence-corrected chi connectivity index (χ4v) is 2.35. The van der Waals surface area contributed by atoms with Gasteiger partial charge in [0.2, 0.25) is 0 Å². The first kappa shape index (κ1) is 16.4. The van der Waals surface area contributed by atoms with Crippen molar-refractivity contribution >= 4 is 11.6 Å². The van der Waals surface area contributed by atoms with Crippen LogP contribution in [0.5, 0.6) is 0 Å². The van der Waals surface area contributed by atoms with Crippen LogP contribution in [0.3, 0.4) is 0 Å². The molecule has 1 aromatic carbocycles. The predicted molar refractivity (Wildman–Crippen MR) is 90.5 cm³/mol. The minimum absolute atomic E-state index is 0.0764. The van der Waals surface area contributed by atoms with Gasteiger partial charge < -0.3 is 9.73 Å². The molecular formula is C17H16N4O4. The average Bonchev–Trinajstić information content (AvgIpc) is 3.29. The molecule has 0 unspecified atom stereocenters. The highest BCUT2D eigenvalue weighted by molar-refractivity contribution is 5.94. The van der Waals surface area contributed by atoms with E-state index in [-0.39, 0.29) is 17.3 Å². The molecule has 8 nitrogen and oxygen atoms in total. The molecule has 2 aromatic heterocycles. The monoisotopic (exact) mass is 340 g/mol. The fourth-order valence-electron chi connectivity index (χ4n) is 2.35. The van der Waals surface area contributed by atoms with E-state index < -0.39 is 4.92 Å². The Hall–Kier alpha value is -3.42. The van der Waals surface area contributed by atoms with Crippen molar-refractivity contribution < 1.29 is 14.1 Å². The van der Waals surface area contributed by atoms with Crippen LogP contribution in [0.15, 0.2) is 53.1 Å². The zero-order valence-electron chi connectivity index (χ0n) is 13.5. The number of nitrogens with one attached hydrogen (secondary N) is 1. The van der Waals surface area contributed by atoms with Crippen LogP contribution in [-0.2, 0) is 0 Å². The third-order valence-electron chi connectivity index (χ3n) is 3.54. The number of aromatic nitrogens is 2. The van der Waals surface area contributed by atoms with Crippen molar-refractivity contribution in [3.63, 3.8) is 0 Å². The summed E-state index contributed by atoms with van der Waals surface area (Å²) in [6.07, 6.45) is 2.31. The summed E-state index contributed by atoms with van der Waals surface area (Å²) < 4.78 is 6.72. The number of carbonyl (C=O) groups excluding carboxylic acids is 1. The molecule has 1 N–H and O–H groups in total. The van der Waals surface area contributed by atoms with Crippen LogP contribution < -0.4 is 5.32 Å². The molecule has 3 rings (SSSR count). The predicted octanol–water partition coefficient (Wildman–Crippen LogP) is 3.18. The molecule has 128 valence electrons. The van der Waals surface area contributed by atoms with Gasteiger partial charge in [-0.05, 0) is 24.6 Å². The minimum atomic E-state index is -0.489. The molecule has 0 saturated carbocycles. The van der Waals surface area contributed by atoms with Crippen LogP contribution in [0.25, 0.3) is 17.1 Å². The molecular weight excluding hydrogens is 324 g/mol. The highest BCUT2D eigenvalue weighted by atomic mass is 16.6. The second-order valence-electron chi connectivity index (χ2n) is 5.34. The number of nitro groups is 1. The van der Waals surface area contributed by atoms with Gasteiger partial charge in [0.25, 0.3) is 11.6 Å². The van der Waals surface area contributed by atoms with Crippen molar-refractivity contribution in [2.45, 2.75) is 13.3 Å². The van der Waals surface area contributed by atoms with Crippen LogP contribution in [-0.4, -0.2) is 27.2 Å². The lowest BCUT2D eigenvalue weighted by Crippen LogP contribution is -2.26. The summed E-state index contributed by atoms with van der Waals surface area (Å²) in [4.78, 5) is 23.0. The number of hydrogen-bond acceptors (Lipinski definition) is 5. The number of amides is 1. The molecule has 1 amide bonds. The van der Waals surface area contributed by atoms with Crippen molar-refractivity contribution in [3.05, 3.63) is 64.5 Å². The Bertz CT molecular complexity index is 899. The largest absolute Gasteiger partial charge is 0.463 e. The van der Waals surface area contributed by atoms with E-state index in [1.165, 1.54) is 23.1 Å². The molecule has 0 aliphatic heterocycles. The Balaban J connectivity index is 2.08. The van der Waals surface area contributed by atoms with Gasteiger partial charge in [-0.2, -0.15) is 5.10 Å². The third kappa shape index (κ3) is 3.42. The molecule has 0 bridgehead atoms. The topological polar surface area (TPSA) is 103 Å². The summed E-state index contributed by atoms with van der Waals surface area (Å²) in [5.41, 5.74) is 1.10. The number of nitro benzene ring substituents is 1. The lowest BCUT2D eigenvalue weighted by Gasteiger charge is -2.07. The first-order chi connectivity index (χ1) is 12.1. The van der Waals surface area contributed by atoms with E-state index in [4.69, 9.17) is 4.42 Å². The fraction of sp³-hybridized carbons (Fsp3) is 0.176. The maximum Gasteiger partial charge on any atom is 0.271 e. The Labute approximate surface area is 143 Å². The molecule has 8 heteroatoms. The first-order valence-electron chi connectivity index (χ1n) is 7.77. The van der Waals surface area contributed by atoms with Crippen molar-refractivity contribution in [2.24, 2.45) is 0 Å². The number of rotatable bonds is 6. The van der Waals surface area contributed by atoms with Crippen molar-refractivity contribution in [2.75, 3.05) is 6.54 Å². The average molecular weight is 340 g/mol. The van der Waals surface area contributed by atoms with Gasteiger partial charge in [0.1, 0.15) is 11.4 Å². The second-order valence-corrected chi connectivity index (χ2v) is 5.34. The Morgan fingerprint density at radius 3 is 2.84 bits per heavy atom. The number of benzene rings is 1. The molecule has 0 radical (unpaired) electrons. The van der Waals surface area contributed by atoms with Crippen molar-refractivity contribution in [1.29, 1.82) is 0 Å². The smallest absolute Gasteiger partial charge is 0.271 e. The number of non-ortho nitro benzene ring substituents is 1. The summed E-state index contributed by atoms with van der Waals surface area (Å²) in [5, 5.41) is 18.2. The van der Waals surface area contributed by atoms with Gasteiger partial charge in [-0.1, -0.05) is 13.0 Å². The quantitative estimate of drug-likeness (QED) is 0.548. The molecule has 0 aliphatic carbocycles. The molecule has 0 saturated heterocycles. The van der Waals surface area contributed by atoms with Gasteiger partial charge >= 0.3 is 0 Å². The molecule has 0 spiro atoms.